The van der Waals surface area contributed by atoms with Gasteiger partial charge >= 0.3 is 0 Å². The fourth-order valence-corrected chi connectivity index (χ4v) is 4.28. The maximum absolute atomic E-state index is 10.9. The van der Waals surface area contributed by atoms with Gasteiger partial charge in [0.05, 0.1) is 0 Å². The molecule has 3 heteroatoms. The van der Waals surface area contributed by atoms with Crippen LogP contribution < -0.4 is 0 Å². The van der Waals surface area contributed by atoms with E-state index in [0.717, 1.165) is 28.9 Å². The molecule has 1 unspecified atom stereocenters. The van der Waals surface area contributed by atoms with E-state index < -0.39 is 5.60 Å². The monoisotopic (exact) mass is 276 g/mol. The van der Waals surface area contributed by atoms with Crippen molar-refractivity contribution in [3.8, 4) is 0 Å². The maximum Gasteiger partial charge on any atom is 0.137 e. The van der Waals surface area contributed by atoms with Crippen molar-refractivity contribution in [3.05, 3.63) is 35.6 Å². The number of benzene rings is 1. The van der Waals surface area contributed by atoms with E-state index in [9.17, 15) is 5.11 Å². The zero-order valence-corrected chi connectivity index (χ0v) is 12.5. The van der Waals surface area contributed by atoms with E-state index in [1.54, 1.807) is 11.8 Å². The van der Waals surface area contributed by atoms with Gasteiger partial charge in [-0.15, -0.1) is 0 Å². The molecule has 0 spiro atoms. The van der Waals surface area contributed by atoms with Crippen LogP contribution in [0.2, 0.25) is 0 Å². The molecule has 2 heterocycles. The Balaban J connectivity index is 2.03. The first kappa shape index (κ1) is 13.1. The Bertz CT molecular complexity index is 614. The fraction of sp³-hybridized carbons (Fsp3) is 0.500. The summed E-state index contributed by atoms with van der Waals surface area (Å²) in [4.78, 5) is 0. The van der Waals surface area contributed by atoms with Gasteiger partial charge in [0.2, 0.25) is 0 Å². The summed E-state index contributed by atoms with van der Waals surface area (Å²) in [6.45, 7) is 6.48. The average Bonchev–Trinajstić information content (AvgIpc) is 2.70. The van der Waals surface area contributed by atoms with E-state index in [1.807, 2.05) is 18.2 Å². The molecule has 2 aromatic rings. The number of fused-ring (bicyclic) bond motifs is 1. The van der Waals surface area contributed by atoms with Crippen LogP contribution in [0.5, 0.6) is 0 Å². The molecule has 1 atom stereocenters. The van der Waals surface area contributed by atoms with Crippen LogP contribution in [0.4, 0.5) is 0 Å². The molecule has 0 saturated carbocycles. The third-order valence-electron chi connectivity index (χ3n) is 3.74. The van der Waals surface area contributed by atoms with Crippen molar-refractivity contribution in [1.29, 1.82) is 0 Å². The van der Waals surface area contributed by atoms with Gasteiger partial charge < -0.3 is 9.52 Å². The van der Waals surface area contributed by atoms with Crippen LogP contribution in [-0.2, 0) is 5.60 Å². The molecule has 1 aromatic carbocycles. The Morgan fingerprint density at radius 3 is 2.74 bits per heavy atom. The van der Waals surface area contributed by atoms with Crippen molar-refractivity contribution in [2.75, 3.05) is 11.5 Å². The van der Waals surface area contributed by atoms with Crippen molar-refractivity contribution in [1.82, 2.24) is 0 Å². The molecule has 0 radical (unpaired) electrons. The number of thioether (sulfide) groups is 1. The number of furan rings is 1. The quantitative estimate of drug-likeness (QED) is 0.851. The van der Waals surface area contributed by atoms with Gasteiger partial charge in [-0.25, -0.2) is 0 Å². The van der Waals surface area contributed by atoms with Gasteiger partial charge in [0.25, 0.3) is 0 Å². The number of hydrogen-bond acceptors (Lipinski definition) is 3. The Kier molecular flexibility index (Phi) is 2.95. The lowest BCUT2D eigenvalue weighted by atomic mass is 9.81. The summed E-state index contributed by atoms with van der Waals surface area (Å²) < 4.78 is 5.90. The van der Waals surface area contributed by atoms with Gasteiger partial charge in [-0.05, 0) is 42.7 Å². The zero-order chi connectivity index (χ0) is 13.7. The average molecular weight is 276 g/mol. The summed E-state index contributed by atoms with van der Waals surface area (Å²) in [5, 5.41) is 12.0. The minimum Gasteiger partial charge on any atom is -0.458 e. The summed E-state index contributed by atoms with van der Waals surface area (Å²) >= 11 is 1.81. The second-order valence-corrected chi connectivity index (χ2v) is 7.50. The largest absolute Gasteiger partial charge is 0.458 e. The van der Waals surface area contributed by atoms with Crippen LogP contribution in [0.25, 0.3) is 11.0 Å². The van der Waals surface area contributed by atoms with Crippen molar-refractivity contribution in [2.24, 2.45) is 5.41 Å². The van der Waals surface area contributed by atoms with Gasteiger partial charge in [-0.3, -0.25) is 0 Å². The molecular formula is C16H20O2S. The summed E-state index contributed by atoms with van der Waals surface area (Å²) in [6.07, 6.45) is 0.756. The highest BCUT2D eigenvalue weighted by molar-refractivity contribution is 7.99. The van der Waals surface area contributed by atoms with Gasteiger partial charge in [0.15, 0.2) is 0 Å². The molecule has 3 rings (SSSR count). The van der Waals surface area contributed by atoms with Crippen LogP contribution in [0.15, 0.2) is 28.7 Å². The molecule has 1 N–H and O–H groups in total. The van der Waals surface area contributed by atoms with Crippen molar-refractivity contribution in [2.45, 2.75) is 32.8 Å². The van der Waals surface area contributed by atoms with Crippen LogP contribution in [0.1, 0.15) is 31.6 Å². The lowest BCUT2D eigenvalue weighted by molar-refractivity contribution is -0.00222. The summed E-state index contributed by atoms with van der Waals surface area (Å²) in [7, 11) is 0. The molecule has 19 heavy (non-hydrogen) atoms. The first-order valence-corrected chi connectivity index (χ1v) is 7.84. The van der Waals surface area contributed by atoms with E-state index in [0.29, 0.717) is 5.76 Å². The number of rotatable bonds is 1. The minimum atomic E-state index is -0.834. The second kappa shape index (κ2) is 4.29. The first-order chi connectivity index (χ1) is 8.88. The van der Waals surface area contributed by atoms with Crippen LogP contribution in [-0.4, -0.2) is 16.6 Å². The standard InChI is InChI=1S/C16H20O2S/c1-11-4-5-13-12(6-11)7-14(18-13)16(17)8-15(2,3)9-19-10-16/h4-7,17H,8-10H2,1-3H3. The summed E-state index contributed by atoms with van der Waals surface area (Å²) in [5.41, 5.74) is 1.39. The van der Waals surface area contributed by atoms with Gasteiger partial charge in [-0.1, -0.05) is 25.5 Å². The van der Waals surface area contributed by atoms with Gasteiger partial charge in [0, 0.05) is 11.1 Å². The molecule has 1 fully saturated rings. The zero-order valence-electron chi connectivity index (χ0n) is 11.7. The molecule has 1 saturated heterocycles. The normalized spacial score (nSPS) is 26.7. The first-order valence-electron chi connectivity index (χ1n) is 6.69. The second-order valence-electron chi connectivity index (χ2n) is 6.52. The Labute approximate surface area is 118 Å². The third-order valence-corrected chi connectivity index (χ3v) is 5.40. The van der Waals surface area contributed by atoms with Crippen LogP contribution in [0.3, 0.4) is 0 Å². The Morgan fingerprint density at radius 1 is 1.21 bits per heavy atom. The predicted octanol–water partition coefficient (Wildman–Crippen LogP) is 4.09. The van der Waals surface area contributed by atoms with Crippen molar-refractivity contribution < 1.29 is 9.52 Å². The lowest BCUT2D eigenvalue weighted by Crippen LogP contribution is -2.39. The Hall–Kier alpha value is -0.930. The number of aliphatic hydroxyl groups is 1. The molecule has 0 bridgehead atoms. The predicted molar refractivity (Wildman–Crippen MR) is 80.6 cm³/mol. The molecule has 2 nitrogen and oxygen atoms in total. The molecule has 102 valence electrons. The van der Waals surface area contributed by atoms with Gasteiger partial charge in [0.1, 0.15) is 16.9 Å². The SMILES string of the molecule is Cc1ccc2oc(C3(O)CSCC(C)(C)C3)cc2c1. The highest BCUT2D eigenvalue weighted by atomic mass is 32.2. The molecule has 1 aromatic heterocycles. The van der Waals surface area contributed by atoms with E-state index in [2.05, 4.69) is 26.8 Å². The van der Waals surface area contributed by atoms with Crippen LogP contribution in [0, 0.1) is 12.3 Å². The van der Waals surface area contributed by atoms with Crippen molar-refractivity contribution in [3.63, 3.8) is 0 Å². The van der Waals surface area contributed by atoms with E-state index in [-0.39, 0.29) is 5.41 Å². The molecule has 1 aliphatic rings. The van der Waals surface area contributed by atoms with E-state index >= 15 is 0 Å². The molecule has 0 amide bonds. The summed E-state index contributed by atoms with van der Waals surface area (Å²) in [5.74, 6) is 2.53. The number of hydrogen-bond donors (Lipinski definition) is 1. The Morgan fingerprint density at radius 2 is 2.00 bits per heavy atom. The molecule has 0 aliphatic carbocycles. The van der Waals surface area contributed by atoms with Crippen molar-refractivity contribution >= 4 is 22.7 Å². The molecular weight excluding hydrogens is 256 g/mol. The topological polar surface area (TPSA) is 33.4 Å². The van der Waals surface area contributed by atoms with E-state index in [1.165, 1.54) is 5.56 Å². The number of aryl methyl sites for hydroxylation is 1. The minimum absolute atomic E-state index is 0.145. The lowest BCUT2D eigenvalue weighted by Gasteiger charge is -2.39. The molecule has 1 aliphatic heterocycles. The highest BCUT2D eigenvalue weighted by Crippen LogP contribution is 2.45. The van der Waals surface area contributed by atoms with E-state index in [4.69, 9.17) is 4.42 Å². The van der Waals surface area contributed by atoms with Crippen LogP contribution >= 0.6 is 11.8 Å². The smallest absolute Gasteiger partial charge is 0.137 e. The fourth-order valence-electron chi connectivity index (χ4n) is 2.94. The highest BCUT2D eigenvalue weighted by Gasteiger charge is 2.42. The third kappa shape index (κ3) is 2.41. The summed E-state index contributed by atoms with van der Waals surface area (Å²) in [6, 6.07) is 8.13. The maximum atomic E-state index is 10.9. The van der Waals surface area contributed by atoms with Gasteiger partial charge in [-0.2, -0.15) is 11.8 Å².